The summed E-state index contributed by atoms with van der Waals surface area (Å²) in [5.41, 5.74) is 10.3. The van der Waals surface area contributed by atoms with Crippen LogP contribution in [-0.2, 0) is 24.5 Å². The van der Waals surface area contributed by atoms with Crippen LogP contribution in [0.3, 0.4) is 0 Å². The number of benzene rings is 2. The van der Waals surface area contributed by atoms with Gasteiger partial charge in [-0.25, -0.2) is 5.43 Å². The maximum absolute atomic E-state index is 5.81. The predicted molar refractivity (Wildman–Crippen MR) is 114 cm³/mol. The van der Waals surface area contributed by atoms with Gasteiger partial charge >= 0.3 is 0 Å². The minimum absolute atomic E-state index is 0.209. The molecule has 3 N–H and O–H groups in total. The molecule has 1 aliphatic heterocycles. The molecule has 0 amide bonds. The smallest absolute Gasteiger partial charge is 0.122 e. The van der Waals surface area contributed by atoms with Crippen molar-refractivity contribution in [2.75, 3.05) is 13.1 Å². The van der Waals surface area contributed by atoms with E-state index in [1.165, 1.54) is 16.7 Å². The lowest BCUT2D eigenvalue weighted by molar-refractivity contribution is 0.107. The monoisotopic (exact) mass is 391 g/mol. The average molecular weight is 392 g/mol. The number of furan rings is 1. The van der Waals surface area contributed by atoms with Crippen LogP contribution in [0.4, 0.5) is 0 Å². The summed E-state index contributed by atoms with van der Waals surface area (Å²) in [5, 5.41) is 3.58. The Morgan fingerprint density at radius 2 is 1.66 bits per heavy atom. The van der Waals surface area contributed by atoms with Gasteiger partial charge in [-0.2, -0.15) is 0 Å². The summed E-state index contributed by atoms with van der Waals surface area (Å²) in [5.74, 6) is 2.40. The van der Waals surface area contributed by atoms with Gasteiger partial charge in [-0.15, -0.1) is 0 Å². The summed E-state index contributed by atoms with van der Waals surface area (Å²) in [4.78, 5) is 0. The molecule has 152 valence electrons. The van der Waals surface area contributed by atoms with Crippen molar-refractivity contribution in [1.29, 1.82) is 0 Å². The topological polar surface area (TPSA) is 58.5 Å². The Labute approximate surface area is 172 Å². The second-order valence-electron chi connectivity index (χ2n) is 7.64. The van der Waals surface area contributed by atoms with Gasteiger partial charge in [0.15, 0.2) is 0 Å². The Bertz CT molecular complexity index is 877. The lowest BCUT2D eigenvalue weighted by Gasteiger charge is -2.17. The van der Waals surface area contributed by atoms with Crippen LogP contribution < -0.4 is 16.2 Å². The zero-order valence-corrected chi connectivity index (χ0v) is 16.9. The van der Waals surface area contributed by atoms with Crippen molar-refractivity contribution < 1.29 is 9.15 Å². The van der Waals surface area contributed by atoms with Crippen LogP contribution in [0.2, 0.25) is 0 Å². The Kier molecular flexibility index (Phi) is 6.75. The maximum Gasteiger partial charge on any atom is 0.122 e. The fourth-order valence-corrected chi connectivity index (χ4v) is 3.67. The van der Waals surface area contributed by atoms with Crippen molar-refractivity contribution in [2.24, 2.45) is 5.92 Å². The number of rotatable bonds is 9. The Morgan fingerprint density at radius 1 is 0.931 bits per heavy atom. The zero-order valence-electron chi connectivity index (χ0n) is 16.9. The molecule has 1 aromatic heterocycles. The van der Waals surface area contributed by atoms with E-state index in [0.717, 1.165) is 31.2 Å². The highest BCUT2D eigenvalue weighted by Crippen LogP contribution is 2.26. The summed E-state index contributed by atoms with van der Waals surface area (Å²) < 4.78 is 11.6. The quantitative estimate of drug-likeness (QED) is 0.517. The van der Waals surface area contributed by atoms with E-state index in [4.69, 9.17) is 9.15 Å². The van der Waals surface area contributed by atoms with Crippen molar-refractivity contribution in [1.82, 2.24) is 16.2 Å². The highest BCUT2D eigenvalue weighted by atomic mass is 16.5. The van der Waals surface area contributed by atoms with Crippen LogP contribution >= 0.6 is 0 Å². The molecule has 29 heavy (non-hydrogen) atoms. The molecular weight excluding hydrogens is 362 g/mol. The molecule has 1 fully saturated rings. The molecule has 1 saturated heterocycles. The molecule has 2 heterocycles. The minimum atomic E-state index is 0.209. The molecular formula is C24H29N3O2. The summed E-state index contributed by atoms with van der Waals surface area (Å²) in [7, 11) is 0. The fraction of sp³-hybridized carbons (Fsp3) is 0.333. The average Bonchev–Trinajstić information content (AvgIpc) is 3.39. The second kappa shape index (κ2) is 9.85. The van der Waals surface area contributed by atoms with Gasteiger partial charge < -0.3 is 14.5 Å². The van der Waals surface area contributed by atoms with Gasteiger partial charge in [-0.1, -0.05) is 54.6 Å². The van der Waals surface area contributed by atoms with Gasteiger partial charge in [0.05, 0.1) is 19.3 Å². The van der Waals surface area contributed by atoms with Crippen molar-refractivity contribution in [2.45, 2.75) is 32.7 Å². The Hall–Kier alpha value is -2.44. The molecule has 0 radical (unpaired) electrons. The first kappa shape index (κ1) is 19.9. The van der Waals surface area contributed by atoms with Gasteiger partial charge in [0.1, 0.15) is 11.5 Å². The highest BCUT2D eigenvalue weighted by molar-refractivity contribution is 5.22. The number of ether oxygens (including phenoxy) is 1. The van der Waals surface area contributed by atoms with Crippen LogP contribution in [-0.4, -0.2) is 13.1 Å². The third kappa shape index (κ3) is 5.55. The molecule has 1 aliphatic rings. The number of nitrogens with one attached hydrogen (secondary N) is 3. The SMILES string of the molecule is Cc1ccc(C2NNCC2CNCc2ccc(COCc3ccccc3)cc2)o1. The lowest BCUT2D eigenvalue weighted by Crippen LogP contribution is -2.28. The highest BCUT2D eigenvalue weighted by Gasteiger charge is 2.30. The molecule has 5 nitrogen and oxygen atoms in total. The van der Waals surface area contributed by atoms with Crippen molar-refractivity contribution >= 4 is 0 Å². The number of hydrogen-bond donors (Lipinski definition) is 3. The molecule has 2 atom stereocenters. The van der Waals surface area contributed by atoms with Crippen LogP contribution in [0.25, 0.3) is 0 Å². The number of hydrazine groups is 1. The van der Waals surface area contributed by atoms with E-state index in [1.54, 1.807) is 0 Å². The van der Waals surface area contributed by atoms with Crippen LogP contribution in [0, 0.1) is 12.8 Å². The second-order valence-corrected chi connectivity index (χ2v) is 7.64. The predicted octanol–water partition coefficient (Wildman–Crippen LogP) is 3.86. The van der Waals surface area contributed by atoms with Gasteiger partial charge in [0, 0.05) is 25.6 Å². The summed E-state index contributed by atoms with van der Waals surface area (Å²) in [6, 6.07) is 23.2. The fourth-order valence-electron chi connectivity index (χ4n) is 3.67. The third-order valence-electron chi connectivity index (χ3n) is 5.30. The first-order valence-corrected chi connectivity index (χ1v) is 10.2. The van der Waals surface area contributed by atoms with Crippen LogP contribution in [0.15, 0.2) is 71.1 Å². The minimum Gasteiger partial charge on any atom is -0.465 e. The van der Waals surface area contributed by atoms with Crippen LogP contribution in [0.5, 0.6) is 0 Å². The van der Waals surface area contributed by atoms with Gasteiger partial charge in [0.25, 0.3) is 0 Å². The van der Waals surface area contributed by atoms with Crippen molar-refractivity contribution in [3.05, 3.63) is 94.9 Å². The van der Waals surface area contributed by atoms with Gasteiger partial charge in [0.2, 0.25) is 0 Å². The normalized spacial score (nSPS) is 18.9. The first-order chi connectivity index (χ1) is 14.3. The van der Waals surface area contributed by atoms with E-state index in [9.17, 15) is 0 Å². The largest absolute Gasteiger partial charge is 0.465 e. The van der Waals surface area contributed by atoms with Crippen LogP contribution in [0.1, 0.15) is 34.3 Å². The van der Waals surface area contributed by atoms with E-state index in [0.29, 0.717) is 19.1 Å². The lowest BCUT2D eigenvalue weighted by atomic mass is 10.00. The Balaban J connectivity index is 1.20. The first-order valence-electron chi connectivity index (χ1n) is 10.2. The molecule has 2 aromatic carbocycles. The number of hydrogen-bond acceptors (Lipinski definition) is 5. The van der Waals surface area contributed by atoms with Crippen molar-refractivity contribution in [3.8, 4) is 0 Å². The molecule has 5 heteroatoms. The van der Waals surface area contributed by atoms with E-state index in [1.807, 2.05) is 31.2 Å². The molecule has 0 bridgehead atoms. The molecule has 4 rings (SSSR count). The van der Waals surface area contributed by atoms with E-state index in [-0.39, 0.29) is 6.04 Å². The van der Waals surface area contributed by atoms with E-state index in [2.05, 4.69) is 58.6 Å². The van der Waals surface area contributed by atoms with Crippen molar-refractivity contribution in [3.63, 3.8) is 0 Å². The molecule has 0 saturated carbocycles. The number of aryl methyl sites for hydroxylation is 1. The summed E-state index contributed by atoms with van der Waals surface area (Å²) in [6.45, 7) is 5.96. The molecule has 0 spiro atoms. The van der Waals surface area contributed by atoms with Gasteiger partial charge in [-0.3, -0.25) is 5.43 Å². The maximum atomic E-state index is 5.81. The summed E-state index contributed by atoms with van der Waals surface area (Å²) in [6.07, 6.45) is 0. The van der Waals surface area contributed by atoms with E-state index < -0.39 is 0 Å². The zero-order chi connectivity index (χ0) is 19.9. The molecule has 3 aromatic rings. The van der Waals surface area contributed by atoms with Gasteiger partial charge in [-0.05, 0) is 35.7 Å². The molecule has 2 unspecified atom stereocenters. The van der Waals surface area contributed by atoms with E-state index >= 15 is 0 Å². The molecule has 0 aliphatic carbocycles. The summed E-state index contributed by atoms with van der Waals surface area (Å²) >= 11 is 0. The Morgan fingerprint density at radius 3 is 2.38 bits per heavy atom. The standard InChI is InChI=1S/C24H29N3O2/c1-18-7-12-23(29-18)24-22(15-26-27-24)14-25-13-19-8-10-21(11-9-19)17-28-16-20-5-3-2-4-6-20/h2-12,22,24-27H,13-17H2,1H3. The third-order valence-corrected chi connectivity index (χ3v) is 5.30.